The van der Waals surface area contributed by atoms with Crippen LogP contribution < -0.4 is 10.6 Å². The molecule has 0 atom stereocenters. The molecule has 2 heterocycles. The van der Waals surface area contributed by atoms with E-state index in [1.165, 1.54) is 23.5 Å². The molecule has 0 saturated carbocycles. The van der Waals surface area contributed by atoms with Gasteiger partial charge in [0.05, 0.1) is 11.1 Å². The molecule has 1 aromatic carbocycles. The lowest BCUT2D eigenvalue weighted by atomic mass is 9.81. The number of carbonyl (C=O) groups is 2. The van der Waals surface area contributed by atoms with Gasteiger partial charge in [0.25, 0.3) is 5.91 Å². The van der Waals surface area contributed by atoms with E-state index in [9.17, 15) is 19.2 Å². The maximum Gasteiger partial charge on any atom is 0.338 e. The number of nitrogens with one attached hydrogen (secondary N) is 2. The van der Waals surface area contributed by atoms with E-state index in [2.05, 4.69) is 30.6 Å². The smallest absolute Gasteiger partial charge is 0.338 e. The van der Waals surface area contributed by atoms with Crippen molar-refractivity contribution in [2.45, 2.75) is 45.2 Å². The Morgan fingerprint density at radius 2 is 1.93 bits per heavy atom. The first kappa shape index (κ1) is 21.0. The van der Waals surface area contributed by atoms with Gasteiger partial charge in [-0.25, -0.2) is 9.18 Å². The molecule has 152 valence electrons. The lowest BCUT2D eigenvalue weighted by Crippen LogP contribution is -2.54. The van der Waals surface area contributed by atoms with E-state index in [-0.39, 0.29) is 16.6 Å². The molecule has 0 saturated heterocycles. The van der Waals surface area contributed by atoms with Crippen LogP contribution in [0.1, 0.15) is 54.1 Å². The van der Waals surface area contributed by atoms with E-state index < -0.39 is 24.3 Å². The Balaban J connectivity index is 1.73. The summed E-state index contributed by atoms with van der Waals surface area (Å²) in [5, 5.41) is 16.4. The molecule has 8 heteroatoms. The van der Waals surface area contributed by atoms with Crippen molar-refractivity contribution >= 4 is 28.2 Å². The number of hydrogen-bond acceptors (Lipinski definition) is 6. The molecular weight excluding hydrogens is 393 g/mol. The maximum atomic E-state index is 12.9. The van der Waals surface area contributed by atoms with Crippen molar-refractivity contribution < 1.29 is 18.7 Å². The van der Waals surface area contributed by atoms with Crippen LogP contribution in [-0.2, 0) is 21.5 Å². The molecule has 3 rings (SSSR count). The Bertz CT molecular complexity index is 1000. The fourth-order valence-corrected chi connectivity index (χ4v) is 4.94. The predicted molar refractivity (Wildman–Crippen MR) is 108 cm³/mol. The van der Waals surface area contributed by atoms with E-state index in [4.69, 9.17) is 4.74 Å². The van der Waals surface area contributed by atoms with E-state index in [0.717, 1.165) is 22.6 Å². The highest BCUT2D eigenvalue weighted by Gasteiger charge is 2.40. The highest BCUT2D eigenvalue weighted by molar-refractivity contribution is 7.17. The molecule has 6 nitrogen and oxygen atoms in total. The lowest BCUT2D eigenvalue weighted by molar-refractivity contribution is -0.119. The van der Waals surface area contributed by atoms with Crippen molar-refractivity contribution in [3.8, 4) is 6.07 Å². The number of hydrogen-bond donors (Lipinski definition) is 2. The highest BCUT2D eigenvalue weighted by Crippen LogP contribution is 2.44. The standard InChI is InChI=1S/C21H22FN3O3S/c1-20(2)9-14-15(10-23)18(29-17(14)21(3,4)25-20)24-16(26)11-28-19(27)12-5-7-13(22)8-6-12/h5-8,25H,9,11H2,1-4H3,(H,24,26). The van der Waals surface area contributed by atoms with Crippen LogP contribution in [-0.4, -0.2) is 24.0 Å². The zero-order valence-electron chi connectivity index (χ0n) is 16.7. The predicted octanol–water partition coefficient (Wildman–Crippen LogP) is 3.71. The second-order valence-corrected chi connectivity index (χ2v) is 9.19. The van der Waals surface area contributed by atoms with Crippen molar-refractivity contribution in [2.24, 2.45) is 0 Å². The van der Waals surface area contributed by atoms with Gasteiger partial charge in [0, 0.05) is 16.0 Å². The van der Waals surface area contributed by atoms with E-state index >= 15 is 0 Å². The first-order valence-electron chi connectivity index (χ1n) is 9.10. The Morgan fingerprint density at radius 3 is 2.55 bits per heavy atom. The van der Waals surface area contributed by atoms with E-state index in [1.54, 1.807) is 0 Å². The van der Waals surface area contributed by atoms with Gasteiger partial charge in [0.15, 0.2) is 6.61 Å². The fraction of sp³-hybridized carbons (Fsp3) is 0.381. The van der Waals surface area contributed by atoms with Gasteiger partial charge < -0.3 is 15.4 Å². The largest absolute Gasteiger partial charge is 0.452 e. The summed E-state index contributed by atoms with van der Waals surface area (Å²) in [6.45, 7) is 7.73. The van der Waals surface area contributed by atoms with Gasteiger partial charge in [-0.15, -0.1) is 11.3 Å². The van der Waals surface area contributed by atoms with E-state index in [0.29, 0.717) is 17.0 Å². The molecule has 2 N–H and O–H groups in total. The summed E-state index contributed by atoms with van der Waals surface area (Å²) in [7, 11) is 0. The van der Waals surface area contributed by atoms with Gasteiger partial charge in [0.1, 0.15) is 16.9 Å². The van der Waals surface area contributed by atoms with Gasteiger partial charge in [-0.3, -0.25) is 4.79 Å². The number of thiophene rings is 1. The number of rotatable bonds is 4. The maximum absolute atomic E-state index is 12.9. The van der Waals surface area contributed by atoms with Crippen LogP contribution in [0.5, 0.6) is 0 Å². The third kappa shape index (κ3) is 4.47. The summed E-state index contributed by atoms with van der Waals surface area (Å²) < 4.78 is 17.9. The van der Waals surface area contributed by atoms with Gasteiger partial charge in [-0.05, 0) is 63.9 Å². The van der Waals surface area contributed by atoms with Crippen LogP contribution in [0.2, 0.25) is 0 Å². The Hall–Kier alpha value is -2.76. The van der Waals surface area contributed by atoms with Crippen LogP contribution in [0.25, 0.3) is 0 Å². The number of amides is 1. The molecule has 29 heavy (non-hydrogen) atoms. The van der Waals surface area contributed by atoms with Crippen molar-refractivity contribution in [3.63, 3.8) is 0 Å². The van der Waals surface area contributed by atoms with Crippen LogP contribution in [0.15, 0.2) is 24.3 Å². The van der Waals surface area contributed by atoms with Gasteiger partial charge in [-0.1, -0.05) is 0 Å². The SMILES string of the molecule is CC1(C)Cc2c(sc(NC(=O)COC(=O)c3ccc(F)cc3)c2C#N)C(C)(C)N1. The zero-order chi connectivity index (χ0) is 21.4. The highest BCUT2D eigenvalue weighted by atomic mass is 32.1. The summed E-state index contributed by atoms with van der Waals surface area (Å²) in [4.78, 5) is 25.3. The van der Waals surface area contributed by atoms with Crippen LogP contribution in [0.4, 0.5) is 9.39 Å². The minimum atomic E-state index is -0.724. The molecule has 2 aromatic rings. The Kier molecular flexibility index (Phi) is 5.48. The second kappa shape index (κ2) is 7.58. The number of anilines is 1. The first-order chi connectivity index (χ1) is 13.5. The fourth-order valence-electron chi connectivity index (χ4n) is 3.70. The van der Waals surface area contributed by atoms with Gasteiger partial charge >= 0.3 is 5.97 Å². The molecule has 0 spiro atoms. The normalized spacial score (nSPS) is 16.4. The number of nitrogens with zero attached hydrogens (tertiary/aromatic N) is 1. The molecule has 0 unspecified atom stereocenters. The summed E-state index contributed by atoms with van der Waals surface area (Å²) in [6.07, 6.45) is 0.667. The molecule has 0 bridgehead atoms. The quantitative estimate of drug-likeness (QED) is 0.743. The second-order valence-electron chi connectivity index (χ2n) is 8.17. The molecule has 0 aliphatic carbocycles. The van der Waals surface area contributed by atoms with Crippen LogP contribution >= 0.6 is 11.3 Å². The zero-order valence-corrected chi connectivity index (χ0v) is 17.5. The van der Waals surface area contributed by atoms with Crippen molar-refractivity contribution in [1.29, 1.82) is 5.26 Å². The number of esters is 1. The average Bonchev–Trinajstić information content (AvgIpc) is 2.96. The van der Waals surface area contributed by atoms with E-state index in [1.807, 2.05) is 13.8 Å². The number of nitriles is 1. The monoisotopic (exact) mass is 415 g/mol. The number of benzene rings is 1. The molecular formula is C21H22FN3O3S. The minimum absolute atomic E-state index is 0.151. The van der Waals surface area contributed by atoms with Crippen molar-refractivity contribution in [3.05, 3.63) is 51.7 Å². The molecule has 1 aliphatic heterocycles. The third-order valence-electron chi connectivity index (χ3n) is 4.62. The number of ether oxygens (including phenoxy) is 1. The lowest BCUT2D eigenvalue weighted by Gasteiger charge is -2.42. The summed E-state index contributed by atoms with van der Waals surface area (Å²) in [6, 6.07) is 7.06. The molecule has 1 amide bonds. The molecule has 1 aromatic heterocycles. The summed E-state index contributed by atoms with van der Waals surface area (Å²) in [5.74, 6) is -1.73. The van der Waals surface area contributed by atoms with Crippen LogP contribution in [0.3, 0.4) is 0 Å². The average molecular weight is 415 g/mol. The minimum Gasteiger partial charge on any atom is -0.452 e. The number of halogens is 1. The Labute approximate surface area is 172 Å². The van der Waals surface area contributed by atoms with Gasteiger partial charge in [-0.2, -0.15) is 5.26 Å². The number of carbonyl (C=O) groups excluding carboxylic acids is 2. The molecule has 0 radical (unpaired) electrons. The topological polar surface area (TPSA) is 91.2 Å². The Morgan fingerprint density at radius 1 is 1.28 bits per heavy atom. The summed E-state index contributed by atoms with van der Waals surface area (Å²) in [5.41, 5.74) is 1.01. The van der Waals surface area contributed by atoms with Crippen molar-refractivity contribution in [2.75, 3.05) is 11.9 Å². The molecule has 1 aliphatic rings. The first-order valence-corrected chi connectivity index (χ1v) is 9.92. The number of fused-ring (bicyclic) bond motifs is 1. The van der Waals surface area contributed by atoms with Crippen LogP contribution in [0, 0.1) is 17.1 Å². The molecule has 0 fully saturated rings. The summed E-state index contributed by atoms with van der Waals surface area (Å²) >= 11 is 1.36. The van der Waals surface area contributed by atoms with Crippen molar-refractivity contribution in [1.82, 2.24) is 5.32 Å². The third-order valence-corrected chi connectivity index (χ3v) is 6.09. The van der Waals surface area contributed by atoms with Gasteiger partial charge in [0.2, 0.25) is 0 Å².